The second-order valence-corrected chi connectivity index (χ2v) is 5.50. The summed E-state index contributed by atoms with van der Waals surface area (Å²) >= 11 is 0. The summed E-state index contributed by atoms with van der Waals surface area (Å²) in [6.07, 6.45) is -5.92. The van der Waals surface area contributed by atoms with Gasteiger partial charge in [-0.3, -0.25) is 4.79 Å². The molecular formula is C11H9F4NO5S. The summed E-state index contributed by atoms with van der Waals surface area (Å²) < 4.78 is 70.5. The molecule has 0 radical (unpaired) electrons. The number of carboxylic acids is 1. The molecule has 0 aliphatic rings. The third-order valence-electron chi connectivity index (χ3n) is 2.48. The average Bonchev–Trinajstić information content (AvgIpc) is 2.36. The van der Waals surface area contributed by atoms with Gasteiger partial charge in [0.2, 0.25) is 0 Å². The fourth-order valence-corrected chi connectivity index (χ4v) is 2.03. The van der Waals surface area contributed by atoms with Crippen LogP contribution in [0.4, 0.5) is 17.1 Å². The molecule has 0 heterocycles. The Balaban J connectivity index is 2.98. The minimum absolute atomic E-state index is 0.0754. The summed E-state index contributed by atoms with van der Waals surface area (Å²) in [5, 5.41) is 10.1. The SMILES string of the molecule is O=C(O)[C@H](Cc1cccc(S(=O)(=O)F)c1)NC(=O)C(F)(F)F. The molecule has 0 spiro atoms. The van der Waals surface area contributed by atoms with Crippen LogP contribution in [0.3, 0.4) is 0 Å². The standard InChI is InChI=1S/C11H9F4NO5S/c12-11(13,14)10(19)16-8(9(17)18)5-6-2-1-3-7(4-6)22(15,20)21/h1-4,8H,5H2,(H,16,19)(H,17,18)/t8-/m0/s1. The second-order valence-electron chi connectivity index (χ2n) is 4.15. The number of rotatable bonds is 5. The van der Waals surface area contributed by atoms with Gasteiger partial charge < -0.3 is 10.4 Å². The topological polar surface area (TPSA) is 101 Å². The lowest BCUT2D eigenvalue weighted by atomic mass is 10.1. The zero-order valence-electron chi connectivity index (χ0n) is 10.6. The highest BCUT2D eigenvalue weighted by Crippen LogP contribution is 2.17. The summed E-state index contributed by atoms with van der Waals surface area (Å²) in [6.45, 7) is 0. The molecule has 11 heteroatoms. The van der Waals surface area contributed by atoms with Crippen molar-refractivity contribution >= 4 is 22.1 Å². The molecule has 0 aliphatic carbocycles. The number of benzene rings is 1. The van der Waals surface area contributed by atoms with Crippen LogP contribution >= 0.6 is 0 Å². The lowest BCUT2D eigenvalue weighted by molar-refractivity contribution is -0.175. The van der Waals surface area contributed by atoms with Crippen LogP contribution in [0.5, 0.6) is 0 Å². The van der Waals surface area contributed by atoms with E-state index in [1.165, 1.54) is 11.4 Å². The largest absolute Gasteiger partial charge is 0.480 e. The van der Waals surface area contributed by atoms with Gasteiger partial charge in [-0.25, -0.2) is 4.79 Å². The first-order chi connectivity index (χ1) is 9.91. The number of hydrogen-bond acceptors (Lipinski definition) is 4. The Kier molecular flexibility index (Phi) is 5.12. The van der Waals surface area contributed by atoms with Crippen LogP contribution in [0.1, 0.15) is 5.56 Å². The summed E-state index contributed by atoms with van der Waals surface area (Å²) in [4.78, 5) is 20.8. The van der Waals surface area contributed by atoms with E-state index in [0.29, 0.717) is 0 Å². The number of carbonyl (C=O) groups is 2. The van der Waals surface area contributed by atoms with Gasteiger partial charge in [-0.05, 0) is 17.7 Å². The molecule has 1 aromatic rings. The number of amides is 1. The Morgan fingerprint density at radius 1 is 1.27 bits per heavy atom. The molecule has 122 valence electrons. The number of aliphatic carboxylic acids is 1. The molecule has 0 fully saturated rings. The first-order valence-electron chi connectivity index (χ1n) is 5.55. The normalized spacial score (nSPS) is 13.5. The molecule has 0 bridgehead atoms. The molecule has 0 saturated heterocycles. The Hall–Kier alpha value is -2.17. The monoisotopic (exact) mass is 343 g/mol. The zero-order chi connectivity index (χ0) is 17.1. The van der Waals surface area contributed by atoms with Gasteiger partial charge in [-0.15, -0.1) is 3.89 Å². The van der Waals surface area contributed by atoms with E-state index in [2.05, 4.69) is 0 Å². The van der Waals surface area contributed by atoms with Crippen molar-refractivity contribution < 1.29 is 40.2 Å². The number of carboxylic acid groups (broad SMARTS) is 1. The number of halogens is 4. The van der Waals surface area contributed by atoms with Gasteiger partial charge in [-0.1, -0.05) is 12.1 Å². The van der Waals surface area contributed by atoms with Crippen LogP contribution in [-0.2, 0) is 26.2 Å². The van der Waals surface area contributed by atoms with Crippen molar-refractivity contribution in [3.8, 4) is 0 Å². The molecule has 22 heavy (non-hydrogen) atoms. The third kappa shape index (κ3) is 4.98. The van der Waals surface area contributed by atoms with Gasteiger partial charge in [0.1, 0.15) is 6.04 Å². The Morgan fingerprint density at radius 2 is 1.86 bits per heavy atom. The van der Waals surface area contributed by atoms with Crippen LogP contribution in [0.2, 0.25) is 0 Å². The molecule has 1 rings (SSSR count). The molecule has 0 aliphatic heterocycles. The summed E-state index contributed by atoms with van der Waals surface area (Å²) in [6, 6.07) is 1.98. The van der Waals surface area contributed by atoms with Gasteiger partial charge in [-0.2, -0.15) is 21.6 Å². The maximum absolute atomic E-state index is 12.8. The zero-order valence-corrected chi connectivity index (χ0v) is 11.4. The quantitative estimate of drug-likeness (QED) is 0.614. The fourth-order valence-electron chi connectivity index (χ4n) is 1.50. The van der Waals surface area contributed by atoms with Gasteiger partial charge >= 0.3 is 28.3 Å². The predicted molar refractivity (Wildman–Crippen MR) is 64.1 cm³/mol. The lowest BCUT2D eigenvalue weighted by Gasteiger charge is -2.16. The molecule has 1 amide bonds. The van der Waals surface area contributed by atoms with Gasteiger partial charge in [0, 0.05) is 6.42 Å². The van der Waals surface area contributed by atoms with Crippen molar-refractivity contribution in [2.45, 2.75) is 23.5 Å². The molecular weight excluding hydrogens is 334 g/mol. The highest BCUT2D eigenvalue weighted by atomic mass is 32.3. The van der Waals surface area contributed by atoms with E-state index in [-0.39, 0.29) is 5.56 Å². The van der Waals surface area contributed by atoms with E-state index in [0.717, 1.165) is 18.2 Å². The highest BCUT2D eigenvalue weighted by Gasteiger charge is 2.40. The van der Waals surface area contributed by atoms with Gasteiger partial charge in [0.15, 0.2) is 0 Å². The summed E-state index contributed by atoms with van der Waals surface area (Å²) in [7, 11) is -5.04. The average molecular weight is 343 g/mol. The van der Waals surface area contributed by atoms with E-state index in [4.69, 9.17) is 5.11 Å². The lowest BCUT2D eigenvalue weighted by Crippen LogP contribution is -2.47. The number of hydrogen-bond donors (Lipinski definition) is 2. The van der Waals surface area contributed by atoms with E-state index in [1.54, 1.807) is 0 Å². The van der Waals surface area contributed by atoms with E-state index >= 15 is 0 Å². The smallest absolute Gasteiger partial charge is 0.471 e. The first kappa shape index (κ1) is 17.9. The number of carbonyl (C=O) groups excluding carboxylic acids is 1. The van der Waals surface area contributed by atoms with Gasteiger partial charge in [0.05, 0.1) is 4.90 Å². The van der Waals surface area contributed by atoms with E-state index in [1.807, 2.05) is 0 Å². The van der Waals surface area contributed by atoms with E-state index < -0.39 is 45.6 Å². The molecule has 0 aromatic heterocycles. The Morgan fingerprint density at radius 3 is 2.32 bits per heavy atom. The second kappa shape index (κ2) is 6.30. The minimum atomic E-state index is -5.27. The van der Waals surface area contributed by atoms with Crippen LogP contribution in [0.15, 0.2) is 29.2 Å². The Labute approximate surface area is 122 Å². The molecule has 0 saturated carbocycles. The van der Waals surface area contributed by atoms with Crippen LogP contribution < -0.4 is 5.32 Å². The minimum Gasteiger partial charge on any atom is -0.480 e. The number of alkyl halides is 3. The van der Waals surface area contributed by atoms with Crippen molar-refractivity contribution in [1.29, 1.82) is 0 Å². The molecule has 1 aromatic carbocycles. The molecule has 6 nitrogen and oxygen atoms in total. The third-order valence-corrected chi connectivity index (χ3v) is 3.30. The van der Waals surface area contributed by atoms with Crippen LogP contribution in [0.25, 0.3) is 0 Å². The van der Waals surface area contributed by atoms with Gasteiger partial charge in [0.25, 0.3) is 0 Å². The maximum Gasteiger partial charge on any atom is 0.471 e. The molecule has 2 N–H and O–H groups in total. The fraction of sp³-hybridized carbons (Fsp3) is 0.273. The molecule has 0 unspecified atom stereocenters. The van der Waals surface area contributed by atoms with Crippen LogP contribution in [0, 0.1) is 0 Å². The summed E-state index contributed by atoms with van der Waals surface area (Å²) in [5.74, 6) is -4.21. The number of nitrogens with one attached hydrogen (secondary N) is 1. The van der Waals surface area contributed by atoms with Crippen molar-refractivity contribution in [2.24, 2.45) is 0 Å². The van der Waals surface area contributed by atoms with Crippen LogP contribution in [-0.4, -0.2) is 37.6 Å². The van der Waals surface area contributed by atoms with Crippen molar-refractivity contribution in [3.05, 3.63) is 29.8 Å². The van der Waals surface area contributed by atoms with Crippen molar-refractivity contribution in [1.82, 2.24) is 5.32 Å². The maximum atomic E-state index is 12.8. The molecule has 1 atom stereocenters. The van der Waals surface area contributed by atoms with Crippen molar-refractivity contribution in [3.63, 3.8) is 0 Å². The summed E-state index contributed by atoms with van der Waals surface area (Å²) in [5.41, 5.74) is -0.0754. The van der Waals surface area contributed by atoms with Crippen molar-refractivity contribution in [2.75, 3.05) is 0 Å². The first-order valence-corrected chi connectivity index (χ1v) is 6.93. The van der Waals surface area contributed by atoms with E-state index in [9.17, 15) is 35.1 Å². The predicted octanol–water partition coefficient (Wildman–Crippen LogP) is 1.02. The highest BCUT2D eigenvalue weighted by molar-refractivity contribution is 7.86. The Bertz CT molecular complexity index is 686.